The molecule has 0 fully saturated rings. The van der Waals surface area contributed by atoms with E-state index in [2.05, 4.69) is 21.4 Å². The molecule has 15 heavy (non-hydrogen) atoms. The van der Waals surface area contributed by atoms with Crippen LogP contribution in [-0.4, -0.2) is 27.7 Å². The van der Waals surface area contributed by atoms with Gasteiger partial charge in [-0.15, -0.1) is 28.2 Å². The van der Waals surface area contributed by atoms with E-state index in [4.69, 9.17) is 18.0 Å². The van der Waals surface area contributed by atoms with Gasteiger partial charge in [0.25, 0.3) is 0 Å². The summed E-state index contributed by atoms with van der Waals surface area (Å²) in [5.74, 6) is 3.17. The van der Waals surface area contributed by atoms with Gasteiger partial charge in [-0.1, -0.05) is 29.0 Å². The van der Waals surface area contributed by atoms with Gasteiger partial charge in [0.1, 0.15) is 0 Å². The Balaban J connectivity index is 2.46. The van der Waals surface area contributed by atoms with Crippen LogP contribution < -0.4 is 5.32 Å². The van der Waals surface area contributed by atoms with Crippen molar-refractivity contribution >= 4 is 45.7 Å². The average Bonchev–Trinajstić information content (AvgIpc) is 2.63. The normalized spacial score (nSPS) is 9.60. The zero-order valence-electron chi connectivity index (χ0n) is 7.70. The molecule has 0 bridgehead atoms. The van der Waals surface area contributed by atoms with Crippen LogP contribution in [0.3, 0.4) is 0 Å². The molecule has 0 aliphatic rings. The van der Waals surface area contributed by atoms with Gasteiger partial charge in [0.2, 0.25) is 11.0 Å². The second-order valence-electron chi connectivity index (χ2n) is 2.35. The molecule has 1 amide bonds. The summed E-state index contributed by atoms with van der Waals surface area (Å²) in [7, 11) is 0. The number of amides is 1. The molecule has 1 aromatic rings. The lowest BCUT2D eigenvalue weighted by atomic mass is 10.5. The van der Waals surface area contributed by atoms with E-state index < -0.39 is 0 Å². The topological polar surface area (TPSA) is 54.9 Å². The summed E-state index contributed by atoms with van der Waals surface area (Å²) in [5.41, 5.74) is 0. The van der Waals surface area contributed by atoms with E-state index in [1.54, 1.807) is 0 Å². The molecule has 80 valence electrons. The summed E-state index contributed by atoms with van der Waals surface area (Å²) in [6, 6.07) is 0. The van der Waals surface area contributed by atoms with Gasteiger partial charge in [0.05, 0.1) is 5.75 Å². The quantitative estimate of drug-likeness (QED) is 0.380. The Labute approximate surface area is 101 Å². The first-order valence-electron chi connectivity index (χ1n) is 4.02. The van der Waals surface area contributed by atoms with Gasteiger partial charge in [-0.05, 0) is 0 Å². The highest BCUT2D eigenvalue weighted by Crippen LogP contribution is 2.24. The van der Waals surface area contributed by atoms with E-state index in [1.807, 2.05) is 0 Å². The molecule has 1 aromatic heterocycles. The van der Waals surface area contributed by atoms with Crippen LogP contribution >= 0.6 is 34.7 Å². The molecule has 1 heterocycles. The summed E-state index contributed by atoms with van der Waals surface area (Å²) in [5, 5.41) is 10.7. The highest BCUT2D eigenvalue weighted by molar-refractivity contribution is 8.01. The van der Waals surface area contributed by atoms with E-state index in [1.165, 1.54) is 23.1 Å². The molecule has 0 saturated heterocycles. The third kappa shape index (κ3) is 4.51. The van der Waals surface area contributed by atoms with Crippen LogP contribution in [0.4, 0.5) is 5.13 Å². The molecule has 1 rings (SSSR count). The molecule has 7 heteroatoms. The smallest absolute Gasteiger partial charge is 0.227 e. The lowest BCUT2D eigenvalue weighted by Gasteiger charge is -1.95. The maximum absolute atomic E-state index is 11.1. The van der Waals surface area contributed by atoms with Gasteiger partial charge in [-0.2, -0.15) is 0 Å². The number of carbonyl (C=O) groups is 1. The van der Waals surface area contributed by atoms with Crippen LogP contribution in [-0.2, 0) is 4.79 Å². The number of thioether (sulfide) groups is 1. The standard InChI is InChI=1S/C8H8ClN3OS2/c1-2-5-14-8-12-11-7(15-8)10-6(13)3-4-9/h1H,3-5H2,(H,10,11,13). The number of terminal acetylenes is 1. The number of carbonyl (C=O) groups excluding carboxylic acids is 1. The van der Waals surface area contributed by atoms with Crippen LogP contribution in [0, 0.1) is 12.3 Å². The van der Waals surface area contributed by atoms with Crippen molar-refractivity contribution in [2.75, 3.05) is 16.9 Å². The van der Waals surface area contributed by atoms with Gasteiger partial charge >= 0.3 is 0 Å². The molecule has 4 nitrogen and oxygen atoms in total. The number of hydrogen-bond donors (Lipinski definition) is 1. The third-order valence-electron chi connectivity index (χ3n) is 1.25. The first-order valence-corrected chi connectivity index (χ1v) is 6.35. The number of rotatable bonds is 5. The Bertz CT molecular complexity index is 374. The van der Waals surface area contributed by atoms with Crippen molar-refractivity contribution in [1.82, 2.24) is 10.2 Å². The molecule has 1 N–H and O–H groups in total. The van der Waals surface area contributed by atoms with E-state index in [0.29, 0.717) is 16.8 Å². The molecular weight excluding hydrogens is 254 g/mol. The highest BCUT2D eigenvalue weighted by atomic mass is 35.5. The van der Waals surface area contributed by atoms with Crippen LogP contribution in [0.1, 0.15) is 6.42 Å². The first kappa shape index (κ1) is 12.3. The number of alkyl halides is 1. The minimum absolute atomic E-state index is 0.158. The number of nitrogens with zero attached hydrogens (tertiary/aromatic N) is 2. The van der Waals surface area contributed by atoms with Gasteiger partial charge in [-0.3, -0.25) is 4.79 Å². The van der Waals surface area contributed by atoms with Crippen molar-refractivity contribution in [3.63, 3.8) is 0 Å². The number of nitrogens with one attached hydrogen (secondary N) is 1. The van der Waals surface area contributed by atoms with Crippen molar-refractivity contribution in [3.8, 4) is 12.3 Å². The lowest BCUT2D eigenvalue weighted by Crippen LogP contribution is -2.11. The second kappa shape index (κ2) is 6.67. The summed E-state index contributed by atoms with van der Waals surface area (Å²) in [4.78, 5) is 11.1. The van der Waals surface area contributed by atoms with E-state index in [0.717, 1.165) is 4.34 Å². The van der Waals surface area contributed by atoms with Crippen molar-refractivity contribution in [3.05, 3.63) is 0 Å². The van der Waals surface area contributed by atoms with Gasteiger partial charge in [0, 0.05) is 12.3 Å². The van der Waals surface area contributed by atoms with Crippen LogP contribution in [0.2, 0.25) is 0 Å². The van der Waals surface area contributed by atoms with Crippen LogP contribution in [0.25, 0.3) is 0 Å². The van der Waals surface area contributed by atoms with Crippen LogP contribution in [0.5, 0.6) is 0 Å². The molecule has 0 spiro atoms. The minimum Gasteiger partial charge on any atom is -0.300 e. The molecular formula is C8H8ClN3OS2. The predicted octanol–water partition coefficient (Wildman–Crippen LogP) is 1.83. The summed E-state index contributed by atoms with van der Waals surface area (Å²) >= 11 is 8.13. The Morgan fingerprint density at radius 3 is 3.13 bits per heavy atom. The summed E-state index contributed by atoms with van der Waals surface area (Å²) in [6.07, 6.45) is 5.38. The summed E-state index contributed by atoms with van der Waals surface area (Å²) in [6.45, 7) is 0. The Kier molecular flexibility index (Phi) is 5.47. The van der Waals surface area contributed by atoms with Gasteiger partial charge < -0.3 is 5.32 Å². The molecule has 0 aliphatic carbocycles. The van der Waals surface area contributed by atoms with E-state index in [-0.39, 0.29) is 12.3 Å². The van der Waals surface area contributed by atoms with Gasteiger partial charge in [0.15, 0.2) is 4.34 Å². The molecule has 0 saturated carbocycles. The zero-order valence-corrected chi connectivity index (χ0v) is 10.1. The average molecular weight is 262 g/mol. The molecule has 0 aliphatic heterocycles. The largest absolute Gasteiger partial charge is 0.300 e. The monoisotopic (exact) mass is 261 g/mol. The Hall–Kier alpha value is -0.770. The van der Waals surface area contributed by atoms with Crippen LogP contribution in [0.15, 0.2) is 4.34 Å². The van der Waals surface area contributed by atoms with Crippen molar-refractivity contribution in [1.29, 1.82) is 0 Å². The van der Waals surface area contributed by atoms with Crippen molar-refractivity contribution in [2.24, 2.45) is 0 Å². The third-order valence-corrected chi connectivity index (χ3v) is 3.32. The maximum atomic E-state index is 11.1. The fraction of sp³-hybridized carbons (Fsp3) is 0.375. The maximum Gasteiger partial charge on any atom is 0.227 e. The Morgan fingerprint density at radius 2 is 2.47 bits per heavy atom. The van der Waals surface area contributed by atoms with Gasteiger partial charge in [-0.25, -0.2) is 0 Å². The predicted molar refractivity (Wildman–Crippen MR) is 63.4 cm³/mol. The number of halogens is 1. The SMILES string of the molecule is C#CCSc1nnc(NC(=O)CCCl)s1. The summed E-state index contributed by atoms with van der Waals surface area (Å²) < 4.78 is 0.745. The molecule has 0 radical (unpaired) electrons. The van der Waals surface area contributed by atoms with E-state index >= 15 is 0 Å². The molecule has 0 unspecified atom stereocenters. The minimum atomic E-state index is -0.158. The fourth-order valence-electron chi connectivity index (χ4n) is 0.690. The number of anilines is 1. The lowest BCUT2D eigenvalue weighted by molar-refractivity contribution is -0.115. The molecule has 0 aromatic carbocycles. The molecule has 0 atom stereocenters. The first-order chi connectivity index (χ1) is 7.26. The number of aromatic nitrogens is 2. The number of hydrogen-bond acceptors (Lipinski definition) is 5. The zero-order chi connectivity index (χ0) is 11.1. The van der Waals surface area contributed by atoms with Crippen molar-refractivity contribution in [2.45, 2.75) is 10.8 Å². The van der Waals surface area contributed by atoms with Crippen molar-refractivity contribution < 1.29 is 4.79 Å². The second-order valence-corrected chi connectivity index (χ2v) is 4.93. The Morgan fingerprint density at radius 1 is 1.67 bits per heavy atom. The van der Waals surface area contributed by atoms with E-state index in [9.17, 15) is 4.79 Å². The highest BCUT2D eigenvalue weighted by Gasteiger charge is 2.07. The fourth-order valence-corrected chi connectivity index (χ4v) is 2.31.